The van der Waals surface area contributed by atoms with Gasteiger partial charge in [-0.15, -0.1) is 0 Å². The molecule has 3 aromatic rings. The molecule has 0 saturated carbocycles. The Morgan fingerprint density at radius 2 is 1.74 bits per heavy atom. The maximum Gasteiger partial charge on any atom is 0.207 e. The summed E-state index contributed by atoms with van der Waals surface area (Å²) in [6.07, 6.45) is 5.24. The van der Waals surface area contributed by atoms with Crippen LogP contribution in [0.15, 0.2) is 54.6 Å². The summed E-state index contributed by atoms with van der Waals surface area (Å²) in [5, 5.41) is 16.2. The number of nitrogens with zero attached hydrogens (tertiary/aromatic N) is 1. The van der Waals surface area contributed by atoms with Crippen LogP contribution in [-0.2, 0) is 17.8 Å². The minimum absolute atomic E-state index is 0.221. The van der Waals surface area contributed by atoms with Crippen molar-refractivity contribution in [3.05, 3.63) is 71.5 Å². The van der Waals surface area contributed by atoms with Gasteiger partial charge in [0, 0.05) is 81.9 Å². The number of amides is 1. The number of piperazine rings is 1. The molecule has 2 fully saturated rings. The molecule has 1 atom stereocenters. The highest BCUT2D eigenvalue weighted by Crippen LogP contribution is 2.33. The molecular formula is C35H51FN6O4. The van der Waals surface area contributed by atoms with E-state index in [1.807, 2.05) is 36.4 Å². The number of nitrogens with two attached hydrogens (primary N) is 2. The SMILES string of the molecule is C1CCNC1.CO.COc1ccc(CCC(CCNC=O)Oc2cc(F)cc(N3CCNCC3)c2)cc1-c1ccc(N)c(CN)c1. The Bertz CT molecular complexity index is 1330. The van der Waals surface area contributed by atoms with Gasteiger partial charge in [0.1, 0.15) is 23.4 Å². The highest BCUT2D eigenvalue weighted by atomic mass is 19.1. The quantitative estimate of drug-likeness (QED) is 0.0942. The lowest BCUT2D eigenvalue weighted by atomic mass is 9.96. The third-order valence-corrected chi connectivity index (χ3v) is 7.98. The van der Waals surface area contributed by atoms with Crippen molar-refractivity contribution >= 4 is 17.8 Å². The lowest BCUT2D eigenvalue weighted by Crippen LogP contribution is -2.43. The maximum absolute atomic E-state index is 14.5. The molecule has 1 amide bonds. The molecule has 2 aliphatic heterocycles. The Morgan fingerprint density at radius 3 is 2.39 bits per heavy atom. The van der Waals surface area contributed by atoms with Crippen molar-refractivity contribution in [2.24, 2.45) is 5.73 Å². The van der Waals surface area contributed by atoms with Crippen molar-refractivity contribution < 1.29 is 23.8 Å². The van der Waals surface area contributed by atoms with E-state index in [9.17, 15) is 9.18 Å². The normalized spacial score (nSPS) is 14.7. The monoisotopic (exact) mass is 638 g/mol. The second-order valence-electron chi connectivity index (χ2n) is 11.1. The van der Waals surface area contributed by atoms with Gasteiger partial charge in [0.25, 0.3) is 0 Å². The van der Waals surface area contributed by atoms with Gasteiger partial charge in [0.15, 0.2) is 0 Å². The van der Waals surface area contributed by atoms with E-state index < -0.39 is 0 Å². The first kappa shape index (κ1) is 36.6. The van der Waals surface area contributed by atoms with Gasteiger partial charge >= 0.3 is 0 Å². The molecule has 1 unspecified atom stereocenters. The molecule has 0 aromatic heterocycles. The largest absolute Gasteiger partial charge is 0.496 e. The summed E-state index contributed by atoms with van der Waals surface area (Å²) in [5.74, 6) is 0.923. The third-order valence-electron chi connectivity index (χ3n) is 7.98. The van der Waals surface area contributed by atoms with E-state index in [1.165, 1.54) is 32.0 Å². The Labute approximate surface area is 272 Å². The van der Waals surface area contributed by atoms with E-state index in [1.54, 1.807) is 13.2 Å². The minimum atomic E-state index is -0.328. The molecule has 5 rings (SSSR count). The first-order valence-electron chi connectivity index (χ1n) is 16.0. The van der Waals surface area contributed by atoms with E-state index in [-0.39, 0.29) is 11.9 Å². The van der Waals surface area contributed by atoms with Crippen molar-refractivity contribution in [2.75, 3.05) is 70.7 Å². The third kappa shape index (κ3) is 11.5. The number of aliphatic hydroxyl groups excluding tert-OH is 1. The fourth-order valence-corrected chi connectivity index (χ4v) is 5.52. The lowest BCUT2D eigenvalue weighted by Gasteiger charge is -2.30. The average Bonchev–Trinajstić information content (AvgIpc) is 3.69. The van der Waals surface area contributed by atoms with Crippen LogP contribution in [0.4, 0.5) is 15.8 Å². The number of aryl methyl sites for hydroxylation is 1. The number of aliphatic hydroxyl groups is 1. The molecule has 0 aliphatic carbocycles. The number of nitrogen functional groups attached to an aromatic ring is 1. The Morgan fingerprint density at radius 1 is 1.00 bits per heavy atom. The van der Waals surface area contributed by atoms with Crippen molar-refractivity contribution in [3.8, 4) is 22.6 Å². The molecule has 8 N–H and O–H groups in total. The van der Waals surface area contributed by atoms with Gasteiger partial charge in [-0.1, -0.05) is 12.1 Å². The zero-order chi connectivity index (χ0) is 33.1. The fraction of sp³-hybridized carbons (Fsp3) is 0.457. The Balaban J connectivity index is 0.000000737. The van der Waals surface area contributed by atoms with Crippen LogP contribution in [-0.4, -0.2) is 77.7 Å². The van der Waals surface area contributed by atoms with Crippen molar-refractivity contribution in [3.63, 3.8) is 0 Å². The predicted octanol–water partition coefficient (Wildman–Crippen LogP) is 3.45. The molecule has 0 radical (unpaired) electrons. The maximum atomic E-state index is 14.5. The van der Waals surface area contributed by atoms with Crippen LogP contribution in [0.5, 0.6) is 11.5 Å². The summed E-state index contributed by atoms with van der Waals surface area (Å²) >= 11 is 0. The highest BCUT2D eigenvalue weighted by Gasteiger charge is 2.17. The van der Waals surface area contributed by atoms with Crippen LogP contribution >= 0.6 is 0 Å². The number of methoxy groups -OCH3 is 1. The molecule has 252 valence electrons. The number of rotatable bonds is 13. The van der Waals surface area contributed by atoms with E-state index in [4.69, 9.17) is 26.0 Å². The number of carbonyl (C=O) groups excluding carboxylic acids is 1. The van der Waals surface area contributed by atoms with E-state index in [2.05, 4.69) is 26.9 Å². The van der Waals surface area contributed by atoms with Crippen LogP contribution in [0, 0.1) is 5.82 Å². The smallest absolute Gasteiger partial charge is 0.207 e. The fourth-order valence-electron chi connectivity index (χ4n) is 5.52. The van der Waals surface area contributed by atoms with Crippen LogP contribution < -0.4 is 41.8 Å². The number of hydrogen-bond donors (Lipinski definition) is 6. The Kier molecular flexibility index (Phi) is 16.1. The summed E-state index contributed by atoms with van der Waals surface area (Å²) in [6.45, 7) is 6.68. The molecule has 46 heavy (non-hydrogen) atoms. The van der Waals surface area contributed by atoms with Crippen LogP contribution in [0.25, 0.3) is 11.1 Å². The molecule has 10 nitrogen and oxygen atoms in total. The van der Waals surface area contributed by atoms with E-state index in [0.29, 0.717) is 43.8 Å². The molecule has 0 spiro atoms. The number of anilines is 2. The van der Waals surface area contributed by atoms with Crippen LogP contribution in [0.2, 0.25) is 0 Å². The second-order valence-corrected chi connectivity index (χ2v) is 11.1. The first-order valence-corrected chi connectivity index (χ1v) is 16.0. The number of ether oxygens (including phenoxy) is 2. The van der Waals surface area contributed by atoms with Gasteiger partial charge in [-0.2, -0.15) is 0 Å². The number of nitrogens with one attached hydrogen (secondary N) is 3. The van der Waals surface area contributed by atoms with Crippen molar-refractivity contribution in [2.45, 2.75) is 44.8 Å². The molecule has 2 heterocycles. The van der Waals surface area contributed by atoms with Gasteiger partial charge in [-0.05, 0) is 85.8 Å². The molecular weight excluding hydrogens is 587 g/mol. The number of halogens is 1. The first-order chi connectivity index (χ1) is 22.5. The van der Waals surface area contributed by atoms with Gasteiger partial charge < -0.3 is 46.9 Å². The zero-order valence-corrected chi connectivity index (χ0v) is 27.2. The number of carbonyl (C=O) groups is 1. The van der Waals surface area contributed by atoms with E-state index in [0.717, 1.165) is 73.4 Å². The molecule has 11 heteroatoms. The minimum Gasteiger partial charge on any atom is -0.496 e. The van der Waals surface area contributed by atoms with Gasteiger partial charge in [-0.25, -0.2) is 4.39 Å². The standard InChI is InChI=1S/C30H38FN5O3.C4H9N.CH4O/c1-38-30-7-3-21(14-28(30)22-4-6-29(33)23(15-22)19-32)2-5-26(8-9-35-20-37)39-27-17-24(31)16-25(18-27)36-12-10-34-11-13-36;1-2-4-5-3-1;1-2/h3-4,6-7,14-18,20,26,34H,2,5,8-13,19,32-33H2,1H3,(H,35,37);5H,1-4H2;2H,1H3. The molecule has 2 saturated heterocycles. The number of benzene rings is 3. The summed E-state index contributed by atoms with van der Waals surface area (Å²) < 4.78 is 26.5. The van der Waals surface area contributed by atoms with Crippen molar-refractivity contribution in [1.29, 1.82) is 0 Å². The predicted molar refractivity (Wildman–Crippen MR) is 184 cm³/mol. The van der Waals surface area contributed by atoms with Crippen molar-refractivity contribution in [1.82, 2.24) is 16.0 Å². The van der Waals surface area contributed by atoms with Gasteiger partial charge in [-0.3, -0.25) is 4.79 Å². The summed E-state index contributed by atoms with van der Waals surface area (Å²) in [7, 11) is 2.65. The molecule has 0 bridgehead atoms. The van der Waals surface area contributed by atoms with Crippen LogP contribution in [0.1, 0.15) is 36.8 Å². The summed E-state index contributed by atoms with van der Waals surface area (Å²) in [6, 6.07) is 16.8. The average molecular weight is 639 g/mol. The van der Waals surface area contributed by atoms with Gasteiger partial charge in [0.05, 0.1) is 7.11 Å². The Hall–Kier alpha value is -3.90. The van der Waals surface area contributed by atoms with Gasteiger partial charge in [0.2, 0.25) is 6.41 Å². The van der Waals surface area contributed by atoms with E-state index >= 15 is 0 Å². The summed E-state index contributed by atoms with van der Waals surface area (Å²) in [5.41, 5.74) is 17.3. The second kappa shape index (κ2) is 20.3. The number of hydrogen-bond acceptors (Lipinski definition) is 9. The molecule has 3 aromatic carbocycles. The highest BCUT2D eigenvalue weighted by molar-refractivity contribution is 5.74. The van der Waals surface area contributed by atoms with Crippen LogP contribution in [0.3, 0.4) is 0 Å². The molecule has 2 aliphatic rings. The summed E-state index contributed by atoms with van der Waals surface area (Å²) in [4.78, 5) is 13.0. The lowest BCUT2D eigenvalue weighted by molar-refractivity contribution is -0.109. The topological polar surface area (TPSA) is 147 Å². The zero-order valence-electron chi connectivity index (χ0n) is 27.2.